The third-order valence-electron chi connectivity index (χ3n) is 4.06. The van der Waals surface area contributed by atoms with Gasteiger partial charge in [0.05, 0.1) is 4.90 Å². The van der Waals surface area contributed by atoms with Gasteiger partial charge in [0.25, 0.3) is 10.1 Å². The fraction of sp³-hybridized carbons (Fsp3) is 0.353. The molecule has 1 unspecified atom stereocenters. The van der Waals surface area contributed by atoms with Gasteiger partial charge in [-0.15, -0.1) is 11.8 Å². The number of nitrogens with two attached hydrogens (primary N) is 1. The summed E-state index contributed by atoms with van der Waals surface area (Å²) in [4.78, 5) is 34.6. The lowest BCUT2D eigenvalue weighted by Gasteiger charge is -2.47. The summed E-state index contributed by atoms with van der Waals surface area (Å²) in [6.45, 7) is 2.97. The van der Waals surface area contributed by atoms with Gasteiger partial charge in [0.15, 0.2) is 0 Å². The first-order valence-electron chi connectivity index (χ1n) is 8.26. The lowest BCUT2D eigenvalue weighted by atomic mass is 10.0. The van der Waals surface area contributed by atoms with Crippen LogP contribution in [0.4, 0.5) is 0 Å². The van der Waals surface area contributed by atoms with Crippen LogP contribution in [0.1, 0.15) is 12.5 Å². The minimum absolute atomic E-state index is 0. The number of thioether (sulfide) groups is 1. The highest BCUT2D eigenvalue weighted by atomic mass is 32.2. The quantitative estimate of drug-likeness (QED) is 0.262. The van der Waals surface area contributed by atoms with Crippen LogP contribution in [0.15, 0.2) is 40.4 Å². The van der Waals surface area contributed by atoms with Crippen molar-refractivity contribution >= 4 is 39.7 Å². The molecule has 2 heterocycles. The van der Waals surface area contributed by atoms with Crippen molar-refractivity contribution in [3.63, 3.8) is 0 Å². The lowest BCUT2D eigenvalue weighted by Crippen LogP contribution is -2.68. The summed E-state index contributed by atoms with van der Waals surface area (Å²) in [7, 11) is -4.02. The van der Waals surface area contributed by atoms with E-state index in [1.165, 1.54) is 35.7 Å². The van der Waals surface area contributed by atoms with Crippen LogP contribution in [0.2, 0.25) is 0 Å². The van der Waals surface area contributed by atoms with Crippen molar-refractivity contribution in [2.75, 3.05) is 12.4 Å². The zero-order chi connectivity index (χ0) is 21.9. The fourth-order valence-corrected chi connectivity index (χ4v) is 4.34. The van der Waals surface area contributed by atoms with E-state index in [1.54, 1.807) is 12.1 Å². The molecule has 0 radical (unpaired) electrons. The van der Waals surface area contributed by atoms with Crippen LogP contribution in [0.3, 0.4) is 0 Å². The Morgan fingerprint density at radius 1 is 1.26 bits per heavy atom. The molecule has 8 N–H and O–H groups in total. The number of ether oxygens (including phenoxy) is 1. The topological polar surface area (TPSA) is 227 Å². The number of esters is 1. The van der Waals surface area contributed by atoms with E-state index >= 15 is 0 Å². The van der Waals surface area contributed by atoms with E-state index in [2.05, 4.69) is 0 Å². The number of carbonyl (C=O) groups excluding carboxylic acids is 2. The monoisotopic (exact) mass is 480 g/mol. The van der Waals surface area contributed by atoms with Gasteiger partial charge < -0.3 is 26.5 Å². The van der Waals surface area contributed by atoms with Crippen LogP contribution in [-0.2, 0) is 29.2 Å². The number of aliphatic carboxylic acids is 1. The minimum atomic E-state index is -4.02. The maximum absolute atomic E-state index is 11.6. The number of aryl methyl sites for hydroxylation is 1. The van der Waals surface area contributed by atoms with Gasteiger partial charge in [-0.05, 0) is 19.1 Å². The number of hydrogen-bond donors (Lipinski definition) is 3. The third-order valence-corrected chi connectivity index (χ3v) is 6.29. The molecular weight excluding hydrogens is 456 g/mol. The molecule has 14 heteroatoms. The zero-order valence-corrected chi connectivity index (χ0v) is 18.2. The zero-order valence-electron chi connectivity index (χ0n) is 16.6. The van der Waals surface area contributed by atoms with Crippen molar-refractivity contribution in [1.29, 1.82) is 0 Å². The Morgan fingerprint density at radius 3 is 2.26 bits per heavy atom. The van der Waals surface area contributed by atoms with E-state index in [1.807, 2.05) is 6.92 Å². The normalized spacial score (nSPS) is 19.5. The lowest BCUT2D eigenvalue weighted by molar-refractivity contribution is -0.148. The number of fused-ring (bicyclic) bond motifs is 1. The summed E-state index contributed by atoms with van der Waals surface area (Å²) in [5, 5.41) is 8.83. The molecule has 1 saturated heterocycles. The number of amides is 1. The van der Waals surface area contributed by atoms with E-state index in [4.69, 9.17) is 20.1 Å². The molecular formula is C17H24N2O10S2. The summed E-state index contributed by atoms with van der Waals surface area (Å²) in [6, 6.07) is 5.33. The molecule has 174 valence electrons. The van der Waals surface area contributed by atoms with Crippen LogP contribution in [0, 0.1) is 6.92 Å². The van der Waals surface area contributed by atoms with Crippen LogP contribution in [0.25, 0.3) is 0 Å². The van der Waals surface area contributed by atoms with Crippen LogP contribution in [0.5, 0.6) is 0 Å². The number of carboxylic acid groups (broad SMARTS) is 1. The molecule has 1 fully saturated rings. The van der Waals surface area contributed by atoms with Crippen molar-refractivity contribution in [3.05, 3.63) is 41.1 Å². The molecule has 0 aliphatic carbocycles. The first-order valence-corrected chi connectivity index (χ1v) is 10.8. The minimum Gasteiger partial charge on any atom is -0.477 e. The summed E-state index contributed by atoms with van der Waals surface area (Å²) in [5.41, 5.74) is 6.86. The van der Waals surface area contributed by atoms with Gasteiger partial charge in [0, 0.05) is 18.2 Å². The van der Waals surface area contributed by atoms with E-state index in [9.17, 15) is 22.8 Å². The van der Waals surface area contributed by atoms with Gasteiger partial charge >= 0.3 is 11.9 Å². The molecule has 31 heavy (non-hydrogen) atoms. The highest BCUT2D eigenvalue weighted by Gasteiger charge is 2.51. The van der Waals surface area contributed by atoms with Crippen molar-refractivity contribution in [2.24, 2.45) is 5.73 Å². The van der Waals surface area contributed by atoms with Crippen molar-refractivity contribution in [3.8, 4) is 0 Å². The van der Waals surface area contributed by atoms with Crippen molar-refractivity contribution in [1.82, 2.24) is 4.90 Å². The van der Waals surface area contributed by atoms with Gasteiger partial charge in [-0.2, -0.15) is 8.42 Å². The Morgan fingerprint density at radius 2 is 1.81 bits per heavy atom. The molecule has 0 saturated carbocycles. The molecule has 0 spiro atoms. The van der Waals surface area contributed by atoms with Crippen LogP contribution in [-0.4, -0.2) is 75.6 Å². The Kier molecular flexibility index (Phi) is 10.3. The Hall–Kier alpha value is -2.49. The van der Waals surface area contributed by atoms with E-state index in [0.717, 1.165) is 5.56 Å². The van der Waals surface area contributed by atoms with E-state index in [0.29, 0.717) is 11.3 Å². The molecule has 2 aliphatic heterocycles. The van der Waals surface area contributed by atoms with E-state index < -0.39 is 34.0 Å². The summed E-state index contributed by atoms with van der Waals surface area (Å²) in [6.07, 6.45) is 0. The number of nitrogens with zero attached hydrogens (tertiary/aromatic N) is 1. The van der Waals surface area contributed by atoms with Crippen LogP contribution < -0.4 is 5.73 Å². The molecule has 12 nitrogen and oxygen atoms in total. The van der Waals surface area contributed by atoms with Crippen molar-refractivity contribution < 1.29 is 48.1 Å². The largest absolute Gasteiger partial charge is 0.477 e. The summed E-state index contributed by atoms with van der Waals surface area (Å²) >= 11 is 1.37. The fourth-order valence-electron chi connectivity index (χ4n) is 2.59. The van der Waals surface area contributed by atoms with Gasteiger partial charge in [-0.25, -0.2) is 4.79 Å². The Balaban J connectivity index is 0.000000603. The highest BCUT2D eigenvalue weighted by molar-refractivity contribution is 8.00. The number of β-lactam (4-membered cyclic amide) rings is 1. The SMILES string of the molecule is CC(=O)OCC1=C(C(=O)O)N2C(=O)C(N)[C@H]2SC1.Cc1ccc(S(=O)(=O)O)cc1.O.O. The molecule has 3 rings (SSSR count). The van der Waals surface area contributed by atoms with Gasteiger partial charge in [0.2, 0.25) is 5.91 Å². The molecule has 1 aromatic rings. The molecule has 1 aromatic carbocycles. The third kappa shape index (κ3) is 6.75. The van der Waals surface area contributed by atoms with E-state index in [-0.39, 0.29) is 33.5 Å². The second-order valence-corrected chi connectivity index (χ2v) is 8.79. The predicted octanol–water partition coefficient (Wildman–Crippen LogP) is -1.28. The average Bonchev–Trinajstić information content (AvgIpc) is 2.64. The number of carbonyl (C=O) groups is 3. The maximum atomic E-state index is 11.6. The second-order valence-electron chi connectivity index (χ2n) is 6.26. The second kappa shape index (κ2) is 11.2. The molecule has 2 atom stereocenters. The molecule has 2 aliphatic rings. The number of rotatable bonds is 4. The first-order chi connectivity index (χ1) is 13.4. The maximum Gasteiger partial charge on any atom is 0.352 e. The Labute approximate surface area is 182 Å². The number of carboxylic acids is 1. The van der Waals surface area contributed by atoms with Crippen molar-refractivity contribution in [2.45, 2.75) is 30.2 Å². The number of benzene rings is 1. The van der Waals surface area contributed by atoms with Gasteiger partial charge in [-0.1, -0.05) is 17.7 Å². The summed E-state index contributed by atoms with van der Waals surface area (Å²) < 4.78 is 34.3. The Bertz CT molecular complexity index is 960. The van der Waals surface area contributed by atoms with Crippen LogP contribution >= 0.6 is 11.8 Å². The van der Waals surface area contributed by atoms with Gasteiger partial charge in [0.1, 0.15) is 23.7 Å². The molecule has 0 bridgehead atoms. The number of hydrogen-bond acceptors (Lipinski definition) is 8. The first kappa shape index (κ1) is 28.5. The molecule has 0 aromatic heterocycles. The van der Waals surface area contributed by atoms with Gasteiger partial charge in [-0.3, -0.25) is 19.0 Å². The predicted molar refractivity (Wildman–Crippen MR) is 111 cm³/mol. The summed E-state index contributed by atoms with van der Waals surface area (Å²) in [5.74, 6) is -1.73. The average molecular weight is 481 g/mol. The molecule has 1 amide bonds. The smallest absolute Gasteiger partial charge is 0.352 e. The highest BCUT2D eigenvalue weighted by Crippen LogP contribution is 2.39. The standard InChI is InChI=1S/C10H12N2O5S.C7H8O3S.2H2O/c1-4(13)17-2-5-3-18-9-6(11)8(14)12(9)7(5)10(15)16;1-6-2-4-7(5-3-6)11(8,9)10;;/h6,9H,2-3,11H2,1H3,(H,15,16);2-5H,1H3,(H,8,9,10);2*1H2/t6?,9-;;;/m1.../s1.